The second-order valence-corrected chi connectivity index (χ2v) is 5.89. The molecule has 2 N–H and O–H groups in total. The Labute approximate surface area is 141 Å². The SMILES string of the molecule is Cc1noc(C)c1-c1cc(C#N)c(N)c(CCc2ccccc2)c1. The zero-order chi connectivity index (χ0) is 17.1. The van der Waals surface area contributed by atoms with Crippen molar-refractivity contribution in [3.8, 4) is 17.2 Å². The van der Waals surface area contributed by atoms with Gasteiger partial charge < -0.3 is 10.3 Å². The summed E-state index contributed by atoms with van der Waals surface area (Å²) >= 11 is 0. The molecule has 120 valence electrons. The first-order valence-electron chi connectivity index (χ1n) is 7.90. The van der Waals surface area contributed by atoms with Gasteiger partial charge in [0.05, 0.1) is 16.9 Å². The van der Waals surface area contributed by atoms with Crippen LogP contribution in [-0.4, -0.2) is 5.16 Å². The van der Waals surface area contributed by atoms with Crippen molar-refractivity contribution in [1.29, 1.82) is 5.26 Å². The van der Waals surface area contributed by atoms with Crippen molar-refractivity contribution < 1.29 is 4.52 Å². The molecule has 0 aliphatic rings. The topological polar surface area (TPSA) is 75.8 Å². The lowest BCUT2D eigenvalue weighted by Crippen LogP contribution is -2.01. The number of aryl methyl sites for hydroxylation is 4. The Morgan fingerprint density at radius 3 is 2.50 bits per heavy atom. The van der Waals surface area contributed by atoms with Crippen molar-refractivity contribution in [3.05, 3.63) is 70.6 Å². The minimum atomic E-state index is 0.496. The molecule has 4 heteroatoms. The summed E-state index contributed by atoms with van der Waals surface area (Å²) in [4.78, 5) is 0. The van der Waals surface area contributed by atoms with Crippen molar-refractivity contribution in [2.75, 3.05) is 5.73 Å². The van der Waals surface area contributed by atoms with Gasteiger partial charge in [0, 0.05) is 5.56 Å². The lowest BCUT2D eigenvalue weighted by molar-refractivity contribution is 0.393. The van der Waals surface area contributed by atoms with Crippen LogP contribution in [0.5, 0.6) is 0 Å². The van der Waals surface area contributed by atoms with Crippen LogP contribution in [0.4, 0.5) is 5.69 Å². The van der Waals surface area contributed by atoms with E-state index in [1.807, 2.05) is 44.2 Å². The molecular weight excluding hydrogens is 298 g/mol. The van der Waals surface area contributed by atoms with Crippen LogP contribution in [0.1, 0.15) is 28.1 Å². The monoisotopic (exact) mass is 317 g/mol. The van der Waals surface area contributed by atoms with Crippen molar-refractivity contribution in [1.82, 2.24) is 5.16 Å². The number of anilines is 1. The van der Waals surface area contributed by atoms with Crippen LogP contribution >= 0.6 is 0 Å². The molecular formula is C20H19N3O. The highest BCUT2D eigenvalue weighted by atomic mass is 16.5. The first-order valence-corrected chi connectivity index (χ1v) is 7.90. The molecule has 0 saturated carbocycles. The molecule has 0 aliphatic heterocycles. The number of nitrogens with two attached hydrogens (primary N) is 1. The molecule has 0 radical (unpaired) electrons. The summed E-state index contributed by atoms with van der Waals surface area (Å²) in [6, 6.07) is 16.3. The number of nitrogen functional groups attached to an aromatic ring is 1. The maximum atomic E-state index is 9.42. The molecule has 1 aromatic heterocycles. The smallest absolute Gasteiger partial charge is 0.141 e. The van der Waals surface area contributed by atoms with Gasteiger partial charge in [-0.2, -0.15) is 5.26 Å². The van der Waals surface area contributed by atoms with Gasteiger partial charge in [0.1, 0.15) is 11.8 Å². The van der Waals surface area contributed by atoms with Crippen molar-refractivity contribution >= 4 is 5.69 Å². The van der Waals surface area contributed by atoms with Crippen LogP contribution in [0.25, 0.3) is 11.1 Å². The second-order valence-electron chi connectivity index (χ2n) is 5.89. The summed E-state index contributed by atoms with van der Waals surface area (Å²) in [5.74, 6) is 0.746. The van der Waals surface area contributed by atoms with E-state index < -0.39 is 0 Å². The maximum absolute atomic E-state index is 9.42. The fourth-order valence-electron chi connectivity index (χ4n) is 2.98. The summed E-state index contributed by atoms with van der Waals surface area (Å²) in [6.07, 6.45) is 1.66. The maximum Gasteiger partial charge on any atom is 0.141 e. The lowest BCUT2D eigenvalue weighted by Gasteiger charge is -2.11. The van der Waals surface area contributed by atoms with Gasteiger partial charge in [-0.3, -0.25) is 0 Å². The minimum Gasteiger partial charge on any atom is -0.397 e. The number of nitrogens with zero attached hydrogens (tertiary/aromatic N) is 2. The molecule has 0 spiro atoms. The standard InChI is InChI=1S/C20H19N3O/c1-13-19(14(2)24-23-13)17-10-16(20(22)18(11-17)12-21)9-8-15-6-4-3-5-7-15/h3-7,10-11H,8-9,22H2,1-2H3. The van der Waals surface area contributed by atoms with Crippen LogP contribution in [0.2, 0.25) is 0 Å². The van der Waals surface area contributed by atoms with Crippen LogP contribution in [0.15, 0.2) is 47.0 Å². The molecule has 0 fully saturated rings. The first-order chi connectivity index (χ1) is 11.6. The van der Waals surface area contributed by atoms with Gasteiger partial charge in [0.15, 0.2) is 0 Å². The van der Waals surface area contributed by atoms with Gasteiger partial charge in [0.25, 0.3) is 0 Å². The third kappa shape index (κ3) is 3.02. The lowest BCUT2D eigenvalue weighted by atomic mass is 9.94. The van der Waals surface area contributed by atoms with Crippen LogP contribution in [0.3, 0.4) is 0 Å². The number of hydrogen-bond acceptors (Lipinski definition) is 4. The zero-order valence-electron chi connectivity index (χ0n) is 13.8. The van der Waals surface area contributed by atoms with E-state index >= 15 is 0 Å². The predicted octanol–water partition coefficient (Wildman–Crippen LogP) is 4.20. The highest BCUT2D eigenvalue weighted by Gasteiger charge is 2.15. The van der Waals surface area contributed by atoms with E-state index in [0.29, 0.717) is 11.3 Å². The quantitative estimate of drug-likeness (QED) is 0.732. The predicted molar refractivity (Wildman–Crippen MR) is 94.4 cm³/mol. The van der Waals surface area contributed by atoms with Gasteiger partial charge in [-0.05, 0) is 55.5 Å². The van der Waals surface area contributed by atoms with Crippen molar-refractivity contribution in [2.24, 2.45) is 0 Å². The Hall–Kier alpha value is -3.06. The Morgan fingerprint density at radius 1 is 1.12 bits per heavy atom. The highest BCUT2D eigenvalue weighted by Crippen LogP contribution is 2.32. The van der Waals surface area contributed by atoms with Crippen molar-refractivity contribution in [2.45, 2.75) is 26.7 Å². The van der Waals surface area contributed by atoms with Gasteiger partial charge in [-0.15, -0.1) is 0 Å². The molecule has 0 bridgehead atoms. The van der Waals surface area contributed by atoms with E-state index in [-0.39, 0.29) is 0 Å². The van der Waals surface area contributed by atoms with E-state index in [4.69, 9.17) is 10.3 Å². The summed E-state index contributed by atoms with van der Waals surface area (Å²) in [5.41, 5.74) is 12.2. The third-order valence-corrected chi connectivity index (χ3v) is 4.23. The molecule has 3 aromatic rings. The zero-order valence-corrected chi connectivity index (χ0v) is 13.8. The first kappa shape index (κ1) is 15.8. The molecule has 0 atom stereocenters. The molecule has 0 unspecified atom stereocenters. The summed E-state index contributed by atoms with van der Waals surface area (Å²) < 4.78 is 5.26. The average Bonchev–Trinajstić information content (AvgIpc) is 2.94. The van der Waals surface area contributed by atoms with Crippen LogP contribution in [0, 0.1) is 25.2 Å². The largest absolute Gasteiger partial charge is 0.397 e. The highest BCUT2D eigenvalue weighted by molar-refractivity contribution is 5.75. The van der Waals surface area contributed by atoms with E-state index in [2.05, 4.69) is 23.4 Å². The summed E-state index contributed by atoms with van der Waals surface area (Å²) in [6.45, 7) is 3.78. The Balaban J connectivity index is 2.00. The third-order valence-electron chi connectivity index (χ3n) is 4.23. The van der Waals surface area contributed by atoms with Gasteiger partial charge >= 0.3 is 0 Å². The Morgan fingerprint density at radius 2 is 1.88 bits per heavy atom. The molecule has 0 saturated heterocycles. The van der Waals surface area contributed by atoms with Crippen LogP contribution < -0.4 is 5.73 Å². The van der Waals surface area contributed by atoms with E-state index in [1.165, 1.54) is 5.56 Å². The van der Waals surface area contributed by atoms with Gasteiger partial charge in [-0.25, -0.2) is 0 Å². The summed E-state index contributed by atoms with van der Waals surface area (Å²) in [5, 5.41) is 13.4. The summed E-state index contributed by atoms with van der Waals surface area (Å²) in [7, 11) is 0. The van der Waals surface area contributed by atoms with Crippen molar-refractivity contribution in [3.63, 3.8) is 0 Å². The number of aromatic nitrogens is 1. The normalized spacial score (nSPS) is 10.5. The molecule has 3 rings (SSSR count). The molecule has 0 aliphatic carbocycles. The number of hydrogen-bond donors (Lipinski definition) is 1. The van der Waals surface area contributed by atoms with E-state index in [9.17, 15) is 5.26 Å². The molecule has 1 heterocycles. The fraction of sp³-hybridized carbons (Fsp3) is 0.200. The fourth-order valence-corrected chi connectivity index (χ4v) is 2.98. The van der Waals surface area contributed by atoms with Gasteiger partial charge in [-0.1, -0.05) is 35.5 Å². The van der Waals surface area contributed by atoms with E-state index in [1.54, 1.807) is 0 Å². The molecule has 0 amide bonds. The second kappa shape index (κ2) is 6.59. The number of rotatable bonds is 4. The molecule has 24 heavy (non-hydrogen) atoms. The van der Waals surface area contributed by atoms with E-state index in [0.717, 1.165) is 41.0 Å². The number of nitriles is 1. The molecule has 2 aromatic carbocycles. The minimum absolute atomic E-state index is 0.496. The Kier molecular flexibility index (Phi) is 4.35. The molecule has 4 nitrogen and oxygen atoms in total. The Bertz CT molecular complexity index is 885. The van der Waals surface area contributed by atoms with Gasteiger partial charge in [0.2, 0.25) is 0 Å². The number of benzene rings is 2. The average molecular weight is 317 g/mol. The van der Waals surface area contributed by atoms with Crippen LogP contribution in [-0.2, 0) is 12.8 Å².